The molecule has 19 heavy (non-hydrogen) atoms. The molecule has 0 aliphatic rings. The van der Waals surface area contributed by atoms with E-state index in [0.717, 1.165) is 6.54 Å². The maximum absolute atomic E-state index is 3.59. The predicted octanol–water partition coefficient (Wildman–Crippen LogP) is 4.19. The average Bonchev–Trinajstić information content (AvgIpc) is 2.47. The summed E-state index contributed by atoms with van der Waals surface area (Å²) < 4.78 is 0. The van der Waals surface area contributed by atoms with Gasteiger partial charge in [-0.3, -0.25) is 0 Å². The average molecular weight is 253 g/mol. The van der Waals surface area contributed by atoms with Gasteiger partial charge in [0.15, 0.2) is 0 Å². The summed E-state index contributed by atoms with van der Waals surface area (Å²) in [5.74, 6) is 0. The fourth-order valence-electron chi connectivity index (χ4n) is 2.25. The minimum absolute atomic E-state index is 0.573. The van der Waals surface area contributed by atoms with Crippen LogP contribution in [-0.2, 0) is 13.0 Å². The zero-order valence-corrected chi connectivity index (χ0v) is 11.7. The lowest BCUT2D eigenvalue weighted by Crippen LogP contribution is -2.25. The summed E-state index contributed by atoms with van der Waals surface area (Å²) in [6, 6.07) is 21.9. The first-order valence-corrected chi connectivity index (χ1v) is 7.16. The molecule has 1 nitrogen and oxygen atoms in total. The van der Waals surface area contributed by atoms with E-state index in [-0.39, 0.29) is 0 Å². The third-order valence-corrected chi connectivity index (χ3v) is 3.44. The molecule has 0 amide bonds. The van der Waals surface area contributed by atoms with E-state index in [0.29, 0.717) is 6.04 Å². The number of rotatable bonds is 7. The molecule has 0 heterocycles. The van der Waals surface area contributed by atoms with E-state index < -0.39 is 0 Å². The topological polar surface area (TPSA) is 12.0 Å². The van der Waals surface area contributed by atoms with Gasteiger partial charge in [0.2, 0.25) is 0 Å². The van der Waals surface area contributed by atoms with Crippen LogP contribution in [0.1, 0.15) is 30.9 Å². The summed E-state index contributed by atoms with van der Waals surface area (Å²) in [5.41, 5.74) is 2.80. The highest BCUT2D eigenvalue weighted by Gasteiger charge is 2.01. The van der Waals surface area contributed by atoms with Crippen molar-refractivity contribution >= 4 is 0 Å². The van der Waals surface area contributed by atoms with Gasteiger partial charge in [-0.25, -0.2) is 0 Å². The van der Waals surface area contributed by atoms with Crippen molar-refractivity contribution in [1.29, 1.82) is 0 Å². The molecule has 0 radical (unpaired) electrons. The first-order chi connectivity index (χ1) is 9.34. The van der Waals surface area contributed by atoms with Gasteiger partial charge in [0.1, 0.15) is 0 Å². The Balaban J connectivity index is 1.64. The zero-order valence-electron chi connectivity index (χ0n) is 11.7. The minimum atomic E-state index is 0.573. The molecular weight excluding hydrogens is 230 g/mol. The highest BCUT2D eigenvalue weighted by Crippen LogP contribution is 2.07. The molecule has 100 valence electrons. The lowest BCUT2D eigenvalue weighted by Gasteiger charge is -2.13. The Morgan fingerprint density at radius 2 is 1.42 bits per heavy atom. The molecule has 0 aromatic heterocycles. The number of benzene rings is 2. The highest BCUT2D eigenvalue weighted by atomic mass is 14.9. The van der Waals surface area contributed by atoms with Crippen molar-refractivity contribution in [2.75, 3.05) is 0 Å². The van der Waals surface area contributed by atoms with Crippen molar-refractivity contribution in [2.24, 2.45) is 0 Å². The van der Waals surface area contributed by atoms with E-state index in [1.54, 1.807) is 0 Å². The summed E-state index contributed by atoms with van der Waals surface area (Å²) >= 11 is 0. The number of nitrogens with one attached hydrogen (secondary N) is 1. The zero-order chi connectivity index (χ0) is 13.3. The molecule has 0 spiro atoms. The minimum Gasteiger partial charge on any atom is -0.310 e. The molecule has 0 aliphatic heterocycles. The monoisotopic (exact) mass is 253 g/mol. The smallest absolute Gasteiger partial charge is 0.0207 e. The molecule has 2 aromatic rings. The van der Waals surface area contributed by atoms with Gasteiger partial charge in [0, 0.05) is 12.6 Å². The molecule has 2 aromatic carbocycles. The summed E-state index contributed by atoms with van der Waals surface area (Å²) in [5, 5.41) is 3.59. The highest BCUT2D eigenvalue weighted by molar-refractivity contribution is 5.15. The summed E-state index contributed by atoms with van der Waals surface area (Å²) in [4.78, 5) is 0. The van der Waals surface area contributed by atoms with Crippen molar-refractivity contribution in [3.05, 3.63) is 71.8 Å². The fourth-order valence-corrected chi connectivity index (χ4v) is 2.25. The fraction of sp³-hybridized carbons (Fsp3) is 0.333. The van der Waals surface area contributed by atoms with E-state index in [1.807, 2.05) is 0 Å². The molecule has 0 saturated carbocycles. The Kier molecular flexibility index (Phi) is 5.64. The van der Waals surface area contributed by atoms with Crippen LogP contribution in [0.3, 0.4) is 0 Å². The largest absolute Gasteiger partial charge is 0.310 e. The SMILES string of the molecule is CC(CCCc1ccccc1)NCc1ccccc1. The third-order valence-electron chi connectivity index (χ3n) is 3.44. The van der Waals surface area contributed by atoms with E-state index in [2.05, 4.69) is 72.9 Å². The van der Waals surface area contributed by atoms with Gasteiger partial charge in [0.05, 0.1) is 0 Å². The summed E-state index contributed by atoms with van der Waals surface area (Å²) in [6.07, 6.45) is 3.65. The van der Waals surface area contributed by atoms with Gasteiger partial charge in [-0.15, -0.1) is 0 Å². The van der Waals surface area contributed by atoms with Crippen molar-refractivity contribution in [3.8, 4) is 0 Å². The van der Waals surface area contributed by atoms with Gasteiger partial charge in [-0.1, -0.05) is 60.7 Å². The van der Waals surface area contributed by atoms with Crippen LogP contribution in [0.15, 0.2) is 60.7 Å². The Bertz CT molecular complexity index is 450. The van der Waals surface area contributed by atoms with Gasteiger partial charge in [0.25, 0.3) is 0 Å². The van der Waals surface area contributed by atoms with Gasteiger partial charge in [-0.05, 0) is 37.3 Å². The molecule has 2 rings (SSSR count). The van der Waals surface area contributed by atoms with E-state index in [4.69, 9.17) is 0 Å². The molecule has 0 fully saturated rings. The number of hydrogen-bond donors (Lipinski definition) is 1. The van der Waals surface area contributed by atoms with E-state index in [1.165, 1.54) is 30.4 Å². The van der Waals surface area contributed by atoms with Gasteiger partial charge in [-0.2, -0.15) is 0 Å². The van der Waals surface area contributed by atoms with Crippen LogP contribution >= 0.6 is 0 Å². The maximum atomic E-state index is 3.59. The standard InChI is InChI=1S/C18H23N/c1-16(19-15-18-12-6-3-7-13-18)9-8-14-17-10-4-2-5-11-17/h2-7,10-13,16,19H,8-9,14-15H2,1H3. The number of hydrogen-bond acceptors (Lipinski definition) is 1. The first kappa shape index (κ1) is 13.8. The van der Waals surface area contributed by atoms with E-state index in [9.17, 15) is 0 Å². The molecule has 1 atom stereocenters. The second-order valence-corrected chi connectivity index (χ2v) is 5.15. The van der Waals surface area contributed by atoms with Crippen molar-refractivity contribution < 1.29 is 0 Å². The normalized spacial score (nSPS) is 12.3. The Hall–Kier alpha value is -1.60. The third kappa shape index (κ3) is 5.27. The second kappa shape index (κ2) is 7.75. The van der Waals surface area contributed by atoms with Crippen LogP contribution in [0.2, 0.25) is 0 Å². The lowest BCUT2D eigenvalue weighted by molar-refractivity contribution is 0.498. The summed E-state index contributed by atoms with van der Waals surface area (Å²) in [6.45, 7) is 3.24. The summed E-state index contributed by atoms with van der Waals surface area (Å²) in [7, 11) is 0. The van der Waals surface area contributed by atoms with Crippen LogP contribution < -0.4 is 5.32 Å². The van der Waals surface area contributed by atoms with Gasteiger partial charge >= 0.3 is 0 Å². The second-order valence-electron chi connectivity index (χ2n) is 5.15. The molecule has 0 bridgehead atoms. The van der Waals surface area contributed by atoms with Crippen LogP contribution in [0.5, 0.6) is 0 Å². The Labute approximate surface area is 116 Å². The Morgan fingerprint density at radius 3 is 2.05 bits per heavy atom. The van der Waals surface area contributed by atoms with Crippen LogP contribution in [0.4, 0.5) is 0 Å². The van der Waals surface area contributed by atoms with Gasteiger partial charge < -0.3 is 5.32 Å². The first-order valence-electron chi connectivity index (χ1n) is 7.16. The molecule has 1 heteroatoms. The number of aryl methyl sites for hydroxylation is 1. The van der Waals surface area contributed by atoms with Crippen LogP contribution in [-0.4, -0.2) is 6.04 Å². The van der Waals surface area contributed by atoms with E-state index >= 15 is 0 Å². The quantitative estimate of drug-likeness (QED) is 0.780. The molecule has 1 N–H and O–H groups in total. The lowest BCUT2D eigenvalue weighted by atomic mass is 10.1. The Morgan fingerprint density at radius 1 is 0.842 bits per heavy atom. The van der Waals surface area contributed by atoms with Crippen molar-refractivity contribution in [1.82, 2.24) is 5.32 Å². The molecule has 0 aliphatic carbocycles. The molecule has 0 saturated heterocycles. The molecular formula is C18H23N. The van der Waals surface area contributed by atoms with Crippen molar-refractivity contribution in [2.45, 2.75) is 38.8 Å². The van der Waals surface area contributed by atoms with Crippen molar-refractivity contribution in [3.63, 3.8) is 0 Å². The maximum Gasteiger partial charge on any atom is 0.0207 e. The predicted molar refractivity (Wildman–Crippen MR) is 82.1 cm³/mol. The van der Waals surface area contributed by atoms with Crippen LogP contribution in [0, 0.1) is 0 Å². The molecule has 1 unspecified atom stereocenters. The van der Waals surface area contributed by atoms with Crippen LogP contribution in [0.25, 0.3) is 0 Å².